The number of hydrazone groups is 1. The second-order valence-electron chi connectivity index (χ2n) is 7.29. The molecule has 9 nitrogen and oxygen atoms in total. The van der Waals surface area contributed by atoms with E-state index in [2.05, 4.69) is 20.5 Å². The molecule has 0 spiro atoms. The molecule has 0 aliphatic heterocycles. The molecule has 4 rings (SSSR count). The first-order chi connectivity index (χ1) is 16.5. The lowest BCUT2D eigenvalue weighted by Crippen LogP contribution is -2.30. The lowest BCUT2D eigenvalue weighted by atomic mass is 10.1. The van der Waals surface area contributed by atoms with Crippen LogP contribution in [0.4, 0.5) is 5.82 Å². The third kappa shape index (κ3) is 5.03. The highest BCUT2D eigenvalue weighted by atomic mass is 32.2. The molecule has 4 aromatic rings. The van der Waals surface area contributed by atoms with Crippen molar-refractivity contribution >= 4 is 22.1 Å². The molecule has 0 unspecified atom stereocenters. The molecule has 0 saturated carbocycles. The van der Waals surface area contributed by atoms with Crippen LogP contribution in [0.25, 0.3) is 16.9 Å². The van der Waals surface area contributed by atoms with E-state index >= 15 is 0 Å². The summed E-state index contributed by atoms with van der Waals surface area (Å²) in [5.74, 6) is 0.424. The fourth-order valence-electron chi connectivity index (χ4n) is 3.40. The van der Waals surface area contributed by atoms with E-state index < -0.39 is 10.0 Å². The van der Waals surface area contributed by atoms with Crippen LogP contribution in [0.5, 0.6) is 0 Å². The molecule has 3 aromatic heterocycles. The van der Waals surface area contributed by atoms with E-state index in [0.717, 1.165) is 22.5 Å². The SMILES string of the molecule is CCN(CC)S(=O)(=O)c1ccc(N/N=C/c2cn(-c3ccccc3)nc2-c2cccnc2)nc1. The van der Waals surface area contributed by atoms with E-state index in [4.69, 9.17) is 5.10 Å². The van der Waals surface area contributed by atoms with Gasteiger partial charge in [0.1, 0.15) is 16.4 Å². The predicted octanol–water partition coefficient (Wildman–Crippen LogP) is 3.81. The minimum absolute atomic E-state index is 0.147. The van der Waals surface area contributed by atoms with Crippen LogP contribution in [0.1, 0.15) is 19.4 Å². The van der Waals surface area contributed by atoms with Gasteiger partial charge in [0.15, 0.2) is 0 Å². The third-order valence-corrected chi connectivity index (χ3v) is 7.19. The summed E-state index contributed by atoms with van der Waals surface area (Å²) < 4.78 is 28.4. The summed E-state index contributed by atoms with van der Waals surface area (Å²) in [6, 6.07) is 16.7. The number of nitrogens with zero attached hydrogens (tertiary/aromatic N) is 6. The van der Waals surface area contributed by atoms with Crippen LogP contribution in [0.15, 0.2) is 89.4 Å². The van der Waals surface area contributed by atoms with Crippen molar-refractivity contribution in [3.05, 3.63) is 84.9 Å². The maximum absolute atomic E-state index is 12.6. The van der Waals surface area contributed by atoms with Crippen LogP contribution in [-0.4, -0.2) is 51.8 Å². The Balaban J connectivity index is 1.56. The molecule has 34 heavy (non-hydrogen) atoms. The van der Waals surface area contributed by atoms with Crippen LogP contribution < -0.4 is 5.43 Å². The van der Waals surface area contributed by atoms with Crippen molar-refractivity contribution in [2.24, 2.45) is 5.10 Å². The van der Waals surface area contributed by atoms with Gasteiger partial charge in [-0.25, -0.2) is 18.1 Å². The molecule has 0 aliphatic carbocycles. The van der Waals surface area contributed by atoms with Gasteiger partial charge in [-0.1, -0.05) is 32.0 Å². The maximum Gasteiger partial charge on any atom is 0.244 e. The average Bonchev–Trinajstić information content (AvgIpc) is 3.30. The summed E-state index contributed by atoms with van der Waals surface area (Å²) in [7, 11) is -3.55. The number of anilines is 1. The highest BCUT2D eigenvalue weighted by Gasteiger charge is 2.21. The zero-order valence-electron chi connectivity index (χ0n) is 18.9. The molecule has 1 aromatic carbocycles. The van der Waals surface area contributed by atoms with Crippen molar-refractivity contribution in [2.75, 3.05) is 18.5 Å². The van der Waals surface area contributed by atoms with Gasteiger partial charge in [0.2, 0.25) is 10.0 Å². The van der Waals surface area contributed by atoms with Gasteiger partial charge >= 0.3 is 0 Å². The molecule has 0 atom stereocenters. The van der Waals surface area contributed by atoms with E-state index in [1.807, 2.05) is 48.7 Å². The molecule has 174 valence electrons. The molecule has 10 heteroatoms. The monoisotopic (exact) mass is 475 g/mol. The topological polar surface area (TPSA) is 105 Å². The van der Waals surface area contributed by atoms with E-state index in [1.165, 1.54) is 16.6 Å². The Kier molecular flexibility index (Phi) is 7.09. The zero-order valence-corrected chi connectivity index (χ0v) is 19.7. The van der Waals surface area contributed by atoms with Crippen molar-refractivity contribution in [1.82, 2.24) is 24.1 Å². The van der Waals surface area contributed by atoms with E-state index in [0.29, 0.717) is 18.9 Å². The molecule has 0 amide bonds. The highest BCUT2D eigenvalue weighted by molar-refractivity contribution is 7.89. The molecule has 0 aliphatic rings. The van der Waals surface area contributed by atoms with Crippen molar-refractivity contribution in [3.63, 3.8) is 0 Å². The summed E-state index contributed by atoms with van der Waals surface area (Å²) in [5.41, 5.74) is 6.16. The van der Waals surface area contributed by atoms with Gasteiger partial charge in [0, 0.05) is 49.0 Å². The molecule has 0 saturated heterocycles. The number of rotatable bonds is 9. The molecule has 0 fully saturated rings. The normalized spacial score (nSPS) is 11.9. The fourth-order valence-corrected chi connectivity index (χ4v) is 4.81. The molecule has 0 radical (unpaired) electrons. The summed E-state index contributed by atoms with van der Waals surface area (Å²) in [6.45, 7) is 4.41. The highest BCUT2D eigenvalue weighted by Crippen LogP contribution is 2.22. The number of hydrogen-bond donors (Lipinski definition) is 1. The smallest absolute Gasteiger partial charge is 0.244 e. The molecule has 3 heterocycles. The van der Waals surface area contributed by atoms with Crippen molar-refractivity contribution in [1.29, 1.82) is 0 Å². The lowest BCUT2D eigenvalue weighted by Gasteiger charge is -2.18. The van der Waals surface area contributed by atoms with Crippen molar-refractivity contribution in [3.8, 4) is 16.9 Å². The second kappa shape index (κ2) is 10.4. The first-order valence-electron chi connectivity index (χ1n) is 10.8. The van der Waals surface area contributed by atoms with Gasteiger partial charge in [-0.3, -0.25) is 10.4 Å². The van der Waals surface area contributed by atoms with Crippen LogP contribution in [0.2, 0.25) is 0 Å². The lowest BCUT2D eigenvalue weighted by molar-refractivity contribution is 0.445. The van der Waals surface area contributed by atoms with E-state index in [-0.39, 0.29) is 4.90 Å². The van der Waals surface area contributed by atoms with Gasteiger partial charge in [-0.05, 0) is 36.4 Å². The second-order valence-corrected chi connectivity index (χ2v) is 9.23. The molecule has 1 N–H and O–H groups in total. The number of para-hydroxylation sites is 1. The summed E-state index contributed by atoms with van der Waals surface area (Å²) in [4.78, 5) is 8.54. The Hall–Kier alpha value is -3.89. The Labute approximate surface area is 198 Å². The fraction of sp³-hybridized carbons (Fsp3) is 0.167. The number of aromatic nitrogens is 4. The van der Waals surface area contributed by atoms with Crippen LogP contribution >= 0.6 is 0 Å². The largest absolute Gasteiger partial charge is 0.264 e. The van der Waals surface area contributed by atoms with Crippen molar-refractivity contribution in [2.45, 2.75) is 18.7 Å². The summed E-state index contributed by atoms with van der Waals surface area (Å²) in [5, 5.41) is 9.01. The van der Waals surface area contributed by atoms with E-state index in [1.54, 1.807) is 43.2 Å². The van der Waals surface area contributed by atoms with Crippen LogP contribution in [-0.2, 0) is 10.0 Å². The van der Waals surface area contributed by atoms with Gasteiger partial charge < -0.3 is 0 Å². The predicted molar refractivity (Wildman–Crippen MR) is 132 cm³/mol. The Morgan fingerprint density at radius 1 is 1.03 bits per heavy atom. The Morgan fingerprint density at radius 2 is 1.82 bits per heavy atom. The number of benzene rings is 1. The molecule has 0 bridgehead atoms. The van der Waals surface area contributed by atoms with Crippen LogP contribution in [0, 0.1) is 0 Å². The quantitative estimate of drug-likeness (QED) is 0.292. The number of sulfonamides is 1. The first-order valence-corrected chi connectivity index (χ1v) is 12.3. The number of nitrogens with one attached hydrogen (secondary N) is 1. The van der Waals surface area contributed by atoms with E-state index in [9.17, 15) is 8.42 Å². The standard InChI is InChI=1S/C24H25N7O2S/c1-3-30(4-2)34(32,33)22-12-13-23(26-17-22)28-27-16-20-18-31(21-10-6-5-7-11-21)29-24(20)19-9-8-14-25-15-19/h5-18H,3-4H2,1-2H3,(H,26,28)/b27-16+. The first kappa shape index (κ1) is 23.3. The minimum Gasteiger partial charge on any atom is -0.264 e. The van der Waals surface area contributed by atoms with Crippen molar-refractivity contribution < 1.29 is 8.42 Å². The maximum atomic E-state index is 12.6. The van der Waals surface area contributed by atoms with Gasteiger partial charge in [-0.2, -0.15) is 14.5 Å². The summed E-state index contributed by atoms with van der Waals surface area (Å²) >= 11 is 0. The average molecular weight is 476 g/mol. The summed E-state index contributed by atoms with van der Waals surface area (Å²) in [6.07, 6.45) is 8.33. The minimum atomic E-state index is -3.55. The van der Waals surface area contributed by atoms with Gasteiger partial charge in [-0.15, -0.1) is 0 Å². The number of pyridine rings is 2. The number of hydrogen-bond acceptors (Lipinski definition) is 7. The van der Waals surface area contributed by atoms with Crippen LogP contribution in [0.3, 0.4) is 0 Å². The van der Waals surface area contributed by atoms with Gasteiger partial charge in [0.05, 0.1) is 11.9 Å². The molecular weight excluding hydrogens is 450 g/mol. The Bertz CT molecular complexity index is 1350. The third-order valence-electron chi connectivity index (χ3n) is 5.16. The Morgan fingerprint density at radius 3 is 2.47 bits per heavy atom. The molecular formula is C24H25N7O2S. The van der Waals surface area contributed by atoms with Gasteiger partial charge in [0.25, 0.3) is 0 Å². The zero-order chi connectivity index (χ0) is 24.0.